The van der Waals surface area contributed by atoms with E-state index in [1.807, 2.05) is 38.1 Å². The smallest absolute Gasteiger partial charge is 0.227 e. The molecule has 0 spiro atoms. The summed E-state index contributed by atoms with van der Waals surface area (Å²) in [5.74, 6) is -0.0411. The van der Waals surface area contributed by atoms with Crippen LogP contribution in [0.15, 0.2) is 30.3 Å². The number of anilines is 2. The number of ketones is 1. The van der Waals surface area contributed by atoms with Crippen molar-refractivity contribution >= 4 is 40.3 Å². The second-order valence-corrected chi connectivity index (χ2v) is 7.82. The Morgan fingerprint density at radius 2 is 1.96 bits per heavy atom. The maximum atomic E-state index is 12.1. The third kappa shape index (κ3) is 4.19. The average Bonchev–Trinajstić information content (AvgIpc) is 3.21. The van der Waals surface area contributed by atoms with Crippen molar-refractivity contribution < 1.29 is 14.4 Å². The van der Waals surface area contributed by atoms with E-state index in [0.29, 0.717) is 17.0 Å². The Morgan fingerprint density at radius 3 is 2.58 bits per heavy atom. The van der Waals surface area contributed by atoms with Gasteiger partial charge in [0.1, 0.15) is 0 Å². The van der Waals surface area contributed by atoms with Gasteiger partial charge in [-0.05, 0) is 56.2 Å². The Hall–Kier alpha value is -2.47. The molecule has 1 aromatic heterocycles. The van der Waals surface area contributed by atoms with Crippen LogP contribution in [0.2, 0.25) is 0 Å². The summed E-state index contributed by atoms with van der Waals surface area (Å²) >= 11 is 1.45. The number of aryl methyl sites for hydroxylation is 2. The first kappa shape index (κ1) is 18.3. The molecule has 26 heavy (non-hydrogen) atoms. The lowest BCUT2D eigenvalue weighted by molar-refractivity contribution is -0.117. The lowest BCUT2D eigenvalue weighted by Gasteiger charge is -2.19. The number of Topliss-reactive ketones (excluding diaryl/α,β-unsaturated/α-hetero) is 1. The zero-order valence-corrected chi connectivity index (χ0v) is 15.8. The fraction of sp³-hybridized carbons (Fsp3) is 0.350. The van der Waals surface area contributed by atoms with Crippen LogP contribution in [0, 0.1) is 13.8 Å². The van der Waals surface area contributed by atoms with Crippen molar-refractivity contribution in [1.29, 1.82) is 0 Å². The standard InChI is InChI=1S/C20H22N2O3S/c1-13-12-15(6-7-16(13)22-11-3-4-20(22)25)21-19(24)10-8-17(23)18-9-5-14(2)26-18/h5-7,9,12H,3-4,8,10-11H2,1-2H3,(H,21,24). The van der Waals surface area contributed by atoms with Gasteiger partial charge in [0, 0.05) is 42.1 Å². The molecule has 0 radical (unpaired) electrons. The molecule has 1 aliphatic heterocycles. The summed E-state index contributed by atoms with van der Waals surface area (Å²) in [5.41, 5.74) is 2.53. The second-order valence-electron chi connectivity index (χ2n) is 6.53. The van der Waals surface area contributed by atoms with E-state index in [9.17, 15) is 14.4 Å². The van der Waals surface area contributed by atoms with Gasteiger partial charge in [0.05, 0.1) is 4.88 Å². The molecule has 2 aromatic rings. The lowest BCUT2D eigenvalue weighted by atomic mass is 10.1. The van der Waals surface area contributed by atoms with Crippen LogP contribution in [0.5, 0.6) is 0 Å². The zero-order valence-electron chi connectivity index (χ0n) is 15.0. The van der Waals surface area contributed by atoms with Gasteiger partial charge in [-0.25, -0.2) is 0 Å². The SMILES string of the molecule is Cc1ccc(C(=O)CCC(=O)Nc2ccc(N3CCCC3=O)c(C)c2)s1. The molecule has 0 atom stereocenters. The third-order valence-electron chi connectivity index (χ3n) is 4.44. The molecule has 1 fully saturated rings. The van der Waals surface area contributed by atoms with E-state index in [2.05, 4.69) is 5.32 Å². The van der Waals surface area contributed by atoms with E-state index < -0.39 is 0 Å². The Balaban J connectivity index is 1.56. The van der Waals surface area contributed by atoms with Crippen molar-refractivity contribution in [2.24, 2.45) is 0 Å². The van der Waals surface area contributed by atoms with Crippen LogP contribution >= 0.6 is 11.3 Å². The maximum absolute atomic E-state index is 12.1. The van der Waals surface area contributed by atoms with Gasteiger partial charge >= 0.3 is 0 Å². The Labute approximate surface area is 157 Å². The van der Waals surface area contributed by atoms with E-state index >= 15 is 0 Å². The molecule has 0 saturated carbocycles. The highest BCUT2D eigenvalue weighted by molar-refractivity contribution is 7.14. The summed E-state index contributed by atoms with van der Waals surface area (Å²) in [7, 11) is 0. The highest BCUT2D eigenvalue weighted by Gasteiger charge is 2.23. The van der Waals surface area contributed by atoms with Crippen molar-refractivity contribution in [2.75, 3.05) is 16.8 Å². The molecule has 1 aromatic carbocycles. The van der Waals surface area contributed by atoms with Crippen molar-refractivity contribution in [3.8, 4) is 0 Å². The minimum atomic E-state index is -0.184. The number of thiophene rings is 1. The summed E-state index contributed by atoms with van der Waals surface area (Å²) in [5, 5.41) is 2.83. The summed E-state index contributed by atoms with van der Waals surface area (Å²) in [6, 6.07) is 9.25. The highest BCUT2D eigenvalue weighted by Crippen LogP contribution is 2.27. The zero-order chi connectivity index (χ0) is 18.7. The molecule has 5 nitrogen and oxygen atoms in total. The van der Waals surface area contributed by atoms with Crippen LogP contribution in [0.4, 0.5) is 11.4 Å². The molecule has 0 bridgehead atoms. The molecule has 0 unspecified atom stereocenters. The molecule has 1 N–H and O–H groups in total. The molecule has 2 heterocycles. The van der Waals surface area contributed by atoms with Gasteiger partial charge in [0.2, 0.25) is 11.8 Å². The van der Waals surface area contributed by atoms with Crippen LogP contribution in [0.25, 0.3) is 0 Å². The first-order valence-corrected chi connectivity index (χ1v) is 9.56. The van der Waals surface area contributed by atoms with Crippen molar-refractivity contribution in [1.82, 2.24) is 0 Å². The Bertz CT molecular complexity index is 856. The van der Waals surface area contributed by atoms with Gasteiger partial charge in [-0.2, -0.15) is 0 Å². The van der Waals surface area contributed by atoms with Crippen LogP contribution in [0.3, 0.4) is 0 Å². The number of nitrogens with zero attached hydrogens (tertiary/aromatic N) is 1. The number of rotatable bonds is 6. The monoisotopic (exact) mass is 370 g/mol. The summed E-state index contributed by atoms with van der Waals surface area (Å²) in [4.78, 5) is 39.7. The highest BCUT2D eigenvalue weighted by atomic mass is 32.1. The molecule has 3 rings (SSSR count). The largest absolute Gasteiger partial charge is 0.326 e. The van der Waals surface area contributed by atoms with E-state index in [4.69, 9.17) is 0 Å². The molecule has 2 amide bonds. The minimum Gasteiger partial charge on any atom is -0.326 e. The Morgan fingerprint density at radius 1 is 1.15 bits per heavy atom. The number of hydrogen-bond donors (Lipinski definition) is 1. The van der Waals surface area contributed by atoms with Crippen LogP contribution in [-0.4, -0.2) is 24.1 Å². The number of carbonyl (C=O) groups is 3. The van der Waals surface area contributed by atoms with E-state index in [1.54, 1.807) is 11.0 Å². The van der Waals surface area contributed by atoms with Crippen molar-refractivity contribution in [2.45, 2.75) is 39.5 Å². The summed E-state index contributed by atoms with van der Waals surface area (Å²) in [6.07, 6.45) is 1.83. The molecule has 1 aliphatic rings. The van der Waals surface area contributed by atoms with Crippen molar-refractivity contribution in [3.63, 3.8) is 0 Å². The number of hydrogen-bond acceptors (Lipinski definition) is 4. The first-order valence-electron chi connectivity index (χ1n) is 8.74. The number of carbonyl (C=O) groups excluding carboxylic acids is 3. The number of amides is 2. The summed E-state index contributed by atoms with van der Waals surface area (Å²) in [6.45, 7) is 4.63. The van der Waals surface area contributed by atoms with Gasteiger partial charge in [-0.1, -0.05) is 0 Å². The number of nitrogens with one attached hydrogen (secondary N) is 1. The normalized spacial score (nSPS) is 13.9. The molecule has 1 saturated heterocycles. The molecule has 6 heteroatoms. The van der Waals surface area contributed by atoms with Gasteiger partial charge in [0.15, 0.2) is 5.78 Å². The molecule has 0 aliphatic carbocycles. The van der Waals surface area contributed by atoms with E-state index in [0.717, 1.165) is 29.1 Å². The van der Waals surface area contributed by atoms with Crippen molar-refractivity contribution in [3.05, 3.63) is 45.6 Å². The topological polar surface area (TPSA) is 66.5 Å². The van der Waals surface area contributed by atoms with Gasteiger partial charge in [-0.15, -0.1) is 11.3 Å². The van der Waals surface area contributed by atoms with Gasteiger partial charge < -0.3 is 10.2 Å². The average molecular weight is 370 g/mol. The second kappa shape index (κ2) is 7.83. The van der Waals surface area contributed by atoms with Crippen LogP contribution in [-0.2, 0) is 9.59 Å². The molecular formula is C20H22N2O3S. The van der Waals surface area contributed by atoms with Gasteiger partial charge in [-0.3, -0.25) is 14.4 Å². The molecular weight excluding hydrogens is 348 g/mol. The Kier molecular flexibility index (Phi) is 5.52. The fourth-order valence-corrected chi connectivity index (χ4v) is 3.93. The maximum Gasteiger partial charge on any atom is 0.227 e. The molecule has 136 valence electrons. The fourth-order valence-electron chi connectivity index (χ4n) is 3.10. The first-order chi connectivity index (χ1) is 12.4. The van der Waals surface area contributed by atoms with Gasteiger partial charge in [0.25, 0.3) is 0 Å². The minimum absolute atomic E-state index is 0.00248. The quantitative estimate of drug-likeness (QED) is 0.779. The predicted molar refractivity (Wildman–Crippen MR) is 104 cm³/mol. The lowest BCUT2D eigenvalue weighted by Crippen LogP contribution is -2.24. The van der Waals surface area contributed by atoms with Crippen LogP contribution in [0.1, 0.15) is 45.8 Å². The van der Waals surface area contributed by atoms with Crippen LogP contribution < -0.4 is 10.2 Å². The summed E-state index contributed by atoms with van der Waals surface area (Å²) < 4.78 is 0. The van der Waals surface area contributed by atoms with E-state index in [-0.39, 0.29) is 30.4 Å². The third-order valence-corrected chi connectivity index (χ3v) is 5.48. The number of benzene rings is 1. The van der Waals surface area contributed by atoms with E-state index in [1.165, 1.54) is 11.3 Å². The predicted octanol–water partition coefficient (Wildman–Crippen LogP) is 4.09.